The van der Waals surface area contributed by atoms with Crippen molar-refractivity contribution in [3.05, 3.63) is 28.8 Å². The zero-order chi connectivity index (χ0) is 14.3. The van der Waals surface area contributed by atoms with Gasteiger partial charge in [-0.15, -0.1) is 0 Å². The molecule has 0 amide bonds. The highest BCUT2D eigenvalue weighted by atomic mass is 35.5. The predicted molar refractivity (Wildman–Crippen MR) is 77.9 cm³/mol. The van der Waals surface area contributed by atoms with E-state index in [-0.39, 0.29) is 5.41 Å². The maximum atomic E-state index is 8.98. The number of benzene rings is 1. The molecule has 0 fully saturated rings. The molecule has 0 bridgehead atoms. The number of nitriles is 2. The van der Waals surface area contributed by atoms with Crippen LogP contribution in [0.4, 0.5) is 5.69 Å². The third-order valence-corrected chi connectivity index (χ3v) is 3.18. The quantitative estimate of drug-likeness (QED) is 0.786. The van der Waals surface area contributed by atoms with Crippen LogP contribution in [0.5, 0.6) is 0 Å². The molecule has 0 radical (unpaired) electrons. The first-order valence-electron chi connectivity index (χ1n) is 6.33. The van der Waals surface area contributed by atoms with Gasteiger partial charge in [-0.05, 0) is 44.9 Å². The largest absolute Gasteiger partial charge is 0.384 e. The average Bonchev–Trinajstić information content (AvgIpc) is 2.38. The fourth-order valence-corrected chi connectivity index (χ4v) is 1.90. The molecule has 1 aromatic rings. The Morgan fingerprint density at radius 3 is 2.63 bits per heavy atom. The van der Waals surface area contributed by atoms with Gasteiger partial charge in [0, 0.05) is 11.6 Å². The van der Waals surface area contributed by atoms with Crippen LogP contribution in [0.25, 0.3) is 0 Å². The number of hydrogen-bond acceptors (Lipinski definition) is 3. The number of hydrogen-bond donors (Lipinski definition) is 1. The summed E-state index contributed by atoms with van der Waals surface area (Å²) in [7, 11) is 0. The van der Waals surface area contributed by atoms with E-state index in [1.165, 1.54) is 0 Å². The maximum absolute atomic E-state index is 8.98. The molecule has 4 heteroatoms. The highest BCUT2D eigenvalue weighted by Gasteiger charge is 2.15. The van der Waals surface area contributed by atoms with Crippen molar-refractivity contribution in [1.29, 1.82) is 10.5 Å². The van der Waals surface area contributed by atoms with E-state index in [1.54, 1.807) is 18.2 Å². The molecule has 0 saturated carbocycles. The Balaban J connectivity index is 2.41. The molecule has 100 valence electrons. The molecule has 3 nitrogen and oxygen atoms in total. The van der Waals surface area contributed by atoms with Crippen molar-refractivity contribution in [2.24, 2.45) is 5.41 Å². The van der Waals surface area contributed by atoms with Crippen molar-refractivity contribution in [3.8, 4) is 12.1 Å². The van der Waals surface area contributed by atoms with E-state index >= 15 is 0 Å². The molecular formula is C15H18ClN3. The van der Waals surface area contributed by atoms with Crippen molar-refractivity contribution in [1.82, 2.24) is 0 Å². The van der Waals surface area contributed by atoms with Gasteiger partial charge in [-0.2, -0.15) is 10.5 Å². The smallest absolute Gasteiger partial charge is 0.101 e. The summed E-state index contributed by atoms with van der Waals surface area (Å²) < 4.78 is 0. The second-order valence-corrected chi connectivity index (χ2v) is 5.62. The van der Waals surface area contributed by atoms with Gasteiger partial charge >= 0.3 is 0 Å². The van der Waals surface area contributed by atoms with Crippen LogP contribution in [0.15, 0.2) is 18.2 Å². The Morgan fingerprint density at radius 1 is 1.26 bits per heavy atom. The summed E-state index contributed by atoms with van der Waals surface area (Å²) in [5.74, 6) is 0. The minimum atomic E-state index is -0.256. The lowest BCUT2D eigenvalue weighted by molar-refractivity contribution is 0.430. The van der Waals surface area contributed by atoms with Crippen molar-refractivity contribution in [3.63, 3.8) is 0 Å². The summed E-state index contributed by atoms with van der Waals surface area (Å²) in [6.07, 6.45) is 2.82. The molecular weight excluding hydrogens is 258 g/mol. The maximum Gasteiger partial charge on any atom is 0.101 e. The predicted octanol–water partition coefficient (Wildman–Crippen LogP) is 4.34. The molecule has 0 saturated heterocycles. The minimum Gasteiger partial charge on any atom is -0.384 e. The minimum absolute atomic E-state index is 0.256. The molecule has 0 unspecified atom stereocenters. The van der Waals surface area contributed by atoms with Gasteiger partial charge in [-0.1, -0.05) is 18.0 Å². The van der Waals surface area contributed by atoms with Crippen molar-refractivity contribution in [2.45, 2.75) is 33.1 Å². The summed E-state index contributed by atoms with van der Waals surface area (Å²) in [6.45, 7) is 4.67. The molecule has 0 aliphatic rings. The summed E-state index contributed by atoms with van der Waals surface area (Å²) in [6, 6.07) is 9.61. The van der Waals surface area contributed by atoms with E-state index in [1.807, 2.05) is 13.8 Å². The molecule has 0 spiro atoms. The fourth-order valence-electron chi connectivity index (χ4n) is 1.73. The molecule has 0 atom stereocenters. The first kappa shape index (κ1) is 15.3. The Kier molecular flexibility index (Phi) is 5.67. The second-order valence-electron chi connectivity index (χ2n) is 5.18. The average molecular weight is 276 g/mol. The molecule has 0 aliphatic carbocycles. The second kappa shape index (κ2) is 7.02. The van der Waals surface area contributed by atoms with Crippen molar-refractivity contribution < 1.29 is 0 Å². The van der Waals surface area contributed by atoms with Crippen LogP contribution < -0.4 is 5.32 Å². The Morgan fingerprint density at radius 2 is 2.00 bits per heavy atom. The van der Waals surface area contributed by atoms with Crippen LogP contribution in [0.3, 0.4) is 0 Å². The Hall–Kier alpha value is -1.71. The van der Waals surface area contributed by atoms with Gasteiger partial charge in [0.15, 0.2) is 0 Å². The highest BCUT2D eigenvalue weighted by Crippen LogP contribution is 2.23. The van der Waals surface area contributed by atoms with E-state index in [9.17, 15) is 0 Å². The van der Waals surface area contributed by atoms with Gasteiger partial charge in [0.2, 0.25) is 0 Å². The molecule has 0 aliphatic heterocycles. The van der Waals surface area contributed by atoms with Gasteiger partial charge in [0.25, 0.3) is 0 Å². The Labute approximate surface area is 119 Å². The zero-order valence-electron chi connectivity index (χ0n) is 11.3. The van der Waals surface area contributed by atoms with Gasteiger partial charge in [0.05, 0.1) is 22.7 Å². The van der Waals surface area contributed by atoms with Crippen molar-refractivity contribution in [2.75, 3.05) is 11.9 Å². The summed E-state index contributed by atoms with van der Waals surface area (Å²) in [5.41, 5.74) is 1.12. The molecule has 1 aromatic carbocycles. The normalized spacial score (nSPS) is 10.6. The van der Waals surface area contributed by atoms with Crippen molar-refractivity contribution >= 4 is 17.3 Å². The third kappa shape index (κ3) is 5.20. The monoisotopic (exact) mass is 275 g/mol. The molecule has 0 heterocycles. The SMILES string of the molecule is CC(C)(C#N)CCCCNc1cc(Cl)ccc1C#N. The molecule has 1 rings (SSSR count). The summed E-state index contributed by atoms with van der Waals surface area (Å²) in [5, 5.41) is 21.7. The number of nitrogens with one attached hydrogen (secondary N) is 1. The first-order valence-corrected chi connectivity index (χ1v) is 6.71. The molecule has 19 heavy (non-hydrogen) atoms. The number of rotatable bonds is 6. The number of halogens is 1. The van der Waals surface area contributed by atoms with Crippen LogP contribution in [0.2, 0.25) is 5.02 Å². The van der Waals surface area contributed by atoms with Gasteiger partial charge in [0.1, 0.15) is 6.07 Å². The van der Waals surface area contributed by atoms with E-state index < -0.39 is 0 Å². The summed E-state index contributed by atoms with van der Waals surface area (Å²) in [4.78, 5) is 0. The first-order chi connectivity index (χ1) is 8.98. The Bertz CT molecular complexity index is 509. The lowest BCUT2D eigenvalue weighted by atomic mass is 9.89. The fraction of sp³-hybridized carbons (Fsp3) is 0.467. The zero-order valence-corrected chi connectivity index (χ0v) is 12.1. The number of anilines is 1. The highest BCUT2D eigenvalue weighted by molar-refractivity contribution is 6.30. The topological polar surface area (TPSA) is 59.6 Å². The number of unbranched alkanes of at least 4 members (excludes halogenated alkanes) is 1. The lowest BCUT2D eigenvalue weighted by Crippen LogP contribution is -2.09. The van der Waals surface area contributed by atoms with Crippen LogP contribution in [0.1, 0.15) is 38.7 Å². The van der Waals surface area contributed by atoms with E-state index in [0.29, 0.717) is 10.6 Å². The van der Waals surface area contributed by atoms with Gasteiger partial charge in [-0.25, -0.2) is 0 Å². The van der Waals surface area contributed by atoms with Gasteiger partial charge < -0.3 is 5.32 Å². The standard InChI is InChI=1S/C15H18ClN3/c1-15(2,11-18)7-3-4-8-19-14-9-13(16)6-5-12(14)10-17/h5-6,9,19H,3-4,7-8H2,1-2H3. The van der Waals surface area contributed by atoms with Crippen LogP contribution >= 0.6 is 11.6 Å². The molecule has 0 aromatic heterocycles. The number of nitrogens with zero attached hydrogens (tertiary/aromatic N) is 2. The lowest BCUT2D eigenvalue weighted by Gasteiger charge is -2.14. The summed E-state index contributed by atoms with van der Waals surface area (Å²) >= 11 is 5.91. The van der Waals surface area contributed by atoms with E-state index in [2.05, 4.69) is 17.5 Å². The third-order valence-electron chi connectivity index (χ3n) is 2.95. The van der Waals surface area contributed by atoms with E-state index in [0.717, 1.165) is 31.5 Å². The van der Waals surface area contributed by atoms with Crippen LogP contribution in [-0.4, -0.2) is 6.54 Å². The van der Waals surface area contributed by atoms with E-state index in [4.69, 9.17) is 22.1 Å². The van der Waals surface area contributed by atoms with Crippen LogP contribution in [0, 0.1) is 28.1 Å². The van der Waals surface area contributed by atoms with Crippen LogP contribution in [-0.2, 0) is 0 Å². The molecule has 1 N–H and O–H groups in total. The van der Waals surface area contributed by atoms with Gasteiger partial charge in [-0.3, -0.25) is 0 Å².